The molecule has 0 bridgehead atoms. The molecule has 0 N–H and O–H groups in total. The Kier molecular flexibility index (Phi) is 6.32. The third-order valence-corrected chi connectivity index (χ3v) is 3.79. The predicted molar refractivity (Wildman–Crippen MR) is 91.8 cm³/mol. The van der Waals surface area contributed by atoms with E-state index in [1.54, 1.807) is 55.5 Å². The molecule has 128 valence electrons. The molecule has 4 nitrogen and oxygen atoms in total. The molecule has 0 aliphatic carbocycles. The lowest BCUT2D eigenvalue weighted by Crippen LogP contribution is -2.28. The Balaban J connectivity index is 2.21. The van der Waals surface area contributed by atoms with E-state index in [-0.39, 0.29) is 11.7 Å². The van der Waals surface area contributed by atoms with Gasteiger partial charge in [-0.25, -0.2) is 4.39 Å². The summed E-state index contributed by atoms with van der Waals surface area (Å²) in [5.74, 6) is -0.0179. The van der Waals surface area contributed by atoms with E-state index in [4.69, 9.17) is 9.47 Å². The highest BCUT2D eigenvalue weighted by Gasteiger charge is 2.13. The van der Waals surface area contributed by atoms with E-state index in [1.165, 1.54) is 13.2 Å². The molecule has 5 heteroatoms. The Morgan fingerprint density at radius 2 is 1.96 bits per heavy atom. The van der Waals surface area contributed by atoms with Crippen LogP contribution in [0.15, 0.2) is 42.5 Å². The summed E-state index contributed by atoms with van der Waals surface area (Å²) in [6, 6.07) is 11.7. The summed E-state index contributed by atoms with van der Waals surface area (Å²) in [5, 5.41) is 0. The van der Waals surface area contributed by atoms with Gasteiger partial charge < -0.3 is 14.4 Å². The van der Waals surface area contributed by atoms with Crippen LogP contribution in [0.25, 0.3) is 11.1 Å². The lowest BCUT2D eigenvalue weighted by molar-refractivity contribution is 0.0779. The van der Waals surface area contributed by atoms with Crippen LogP contribution in [0.4, 0.5) is 4.39 Å². The highest BCUT2D eigenvalue weighted by Crippen LogP contribution is 2.27. The molecule has 0 radical (unpaired) electrons. The zero-order chi connectivity index (χ0) is 17.5. The van der Waals surface area contributed by atoms with Gasteiger partial charge >= 0.3 is 0 Å². The molecule has 0 aliphatic heterocycles. The Bertz CT molecular complexity index is 703. The molecular formula is C19H22FNO3. The number of halogens is 1. The van der Waals surface area contributed by atoms with Gasteiger partial charge in [0.1, 0.15) is 11.6 Å². The summed E-state index contributed by atoms with van der Waals surface area (Å²) in [5.41, 5.74) is 1.63. The number of nitrogens with zero attached hydrogens (tertiary/aromatic N) is 1. The number of amides is 1. The molecule has 0 saturated carbocycles. The minimum atomic E-state index is -0.382. The summed E-state index contributed by atoms with van der Waals surface area (Å²) >= 11 is 0. The van der Waals surface area contributed by atoms with E-state index < -0.39 is 0 Å². The van der Waals surface area contributed by atoms with Gasteiger partial charge in [-0.2, -0.15) is 0 Å². The van der Waals surface area contributed by atoms with Crippen LogP contribution >= 0.6 is 0 Å². The third kappa shape index (κ3) is 4.32. The molecule has 0 spiro atoms. The molecule has 24 heavy (non-hydrogen) atoms. The van der Waals surface area contributed by atoms with Gasteiger partial charge in [0.2, 0.25) is 0 Å². The SMILES string of the molecule is COCCCN(C)C(=O)c1cccc(-c2ccc(OC)cc2F)c1. The van der Waals surface area contributed by atoms with Crippen molar-refractivity contribution >= 4 is 5.91 Å². The number of hydrogen-bond acceptors (Lipinski definition) is 3. The van der Waals surface area contributed by atoms with Gasteiger partial charge in [0.25, 0.3) is 5.91 Å². The summed E-state index contributed by atoms with van der Waals surface area (Å²) in [4.78, 5) is 14.1. The van der Waals surface area contributed by atoms with Crippen molar-refractivity contribution in [2.75, 3.05) is 34.4 Å². The smallest absolute Gasteiger partial charge is 0.253 e. The fraction of sp³-hybridized carbons (Fsp3) is 0.316. The highest BCUT2D eigenvalue weighted by atomic mass is 19.1. The number of methoxy groups -OCH3 is 2. The van der Waals surface area contributed by atoms with Crippen molar-refractivity contribution in [3.05, 3.63) is 53.8 Å². The predicted octanol–water partition coefficient (Wildman–Crippen LogP) is 3.61. The zero-order valence-corrected chi connectivity index (χ0v) is 14.2. The van der Waals surface area contributed by atoms with Crippen LogP contribution in [0, 0.1) is 5.82 Å². The van der Waals surface area contributed by atoms with Gasteiger partial charge in [-0.15, -0.1) is 0 Å². The number of benzene rings is 2. The van der Waals surface area contributed by atoms with Gasteiger partial charge in [-0.3, -0.25) is 4.79 Å². The zero-order valence-electron chi connectivity index (χ0n) is 14.2. The van der Waals surface area contributed by atoms with Crippen molar-refractivity contribution in [2.45, 2.75) is 6.42 Å². The number of carbonyl (C=O) groups excluding carboxylic acids is 1. The Morgan fingerprint density at radius 3 is 2.62 bits per heavy atom. The van der Waals surface area contributed by atoms with Gasteiger partial charge in [0.15, 0.2) is 0 Å². The number of carbonyl (C=O) groups is 1. The van der Waals surface area contributed by atoms with Crippen LogP contribution in [0.2, 0.25) is 0 Å². The van der Waals surface area contributed by atoms with E-state index in [1.807, 2.05) is 0 Å². The van der Waals surface area contributed by atoms with Crippen molar-refractivity contribution in [3.63, 3.8) is 0 Å². The Morgan fingerprint density at radius 1 is 1.17 bits per heavy atom. The maximum Gasteiger partial charge on any atom is 0.253 e. The van der Waals surface area contributed by atoms with Crippen LogP contribution in [0.1, 0.15) is 16.8 Å². The molecule has 2 aromatic carbocycles. The standard InChI is InChI=1S/C19H22FNO3/c1-21(10-5-11-23-2)19(22)15-7-4-6-14(12-15)17-9-8-16(24-3)13-18(17)20/h4,6-9,12-13H,5,10-11H2,1-3H3. The lowest BCUT2D eigenvalue weighted by atomic mass is 10.0. The van der Waals surface area contributed by atoms with E-state index in [0.717, 1.165) is 6.42 Å². The Hall–Kier alpha value is -2.40. The van der Waals surface area contributed by atoms with Gasteiger partial charge in [-0.05, 0) is 36.2 Å². The molecule has 0 heterocycles. The fourth-order valence-corrected chi connectivity index (χ4v) is 2.44. The first-order chi connectivity index (χ1) is 11.6. The summed E-state index contributed by atoms with van der Waals surface area (Å²) < 4.78 is 24.2. The summed E-state index contributed by atoms with van der Waals surface area (Å²) in [6.07, 6.45) is 0.769. The topological polar surface area (TPSA) is 38.8 Å². The maximum atomic E-state index is 14.2. The van der Waals surface area contributed by atoms with Gasteiger partial charge in [-0.1, -0.05) is 12.1 Å². The van der Waals surface area contributed by atoms with Crippen molar-refractivity contribution in [2.24, 2.45) is 0 Å². The normalized spacial score (nSPS) is 10.5. The quantitative estimate of drug-likeness (QED) is 0.728. The molecule has 0 unspecified atom stereocenters. The second-order valence-corrected chi connectivity index (χ2v) is 5.50. The number of rotatable bonds is 7. The van der Waals surface area contributed by atoms with E-state index in [0.29, 0.717) is 35.6 Å². The van der Waals surface area contributed by atoms with Crippen molar-refractivity contribution in [3.8, 4) is 16.9 Å². The molecule has 0 saturated heterocycles. The molecule has 0 aliphatic rings. The fourth-order valence-electron chi connectivity index (χ4n) is 2.44. The van der Waals surface area contributed by atoms with Crippen LogP contribution < -0.4 is 4.74 Å². The summed E-state index contributed by atoms with van der Waals surface area (Å²) in [7, 11) is 4.88. The molecule has 2 rings (SSSR count). The van der Waals surface area contributed by atoms with E-state index >= 15 is 0 Å². The van der Waals surface area contributed by atoms with Crippen molar-refractivity contribution in [1.29, 1.82) is 0 Å². The molecule has 0 aromatic heterocycles. The maximum absolute atomic E-state index is 14.2. The minimum absolute atomic E-state index is 0.0955. The van der Waals surface area contributed by atoms with Crippen LogP contribution in [-0.4, -0.2) is 45.2 Å². The first-order valence-corrected chi connectivity index (χ1v) is 7.75. The lowest BCUT2D eigenvalue weighted by Gasteiger charge is -2.17. The Labute approximate surface area is 141 Å². The number of ether oxygens (including phenoxy) is 2. The van der Waals surface area contributed by atoms with Crippen molar-refractivity contribution < 1.29 is 18.7 Å². The summed E-state index contributed by atoms with van der Waals surface area (Å²) in [6.45, 7) is 1.21. The highest BCUT2D eigenvalue weighted by molar-refractivity contribution is 5.95. The third-order valence-electron chi connectivity index (χ3n) is 3.79. The van der Waals surface area contributed by atoms with Crippen LogP contribution in [0.3, 0.4) is 0 Å². The molecule has 2 aromatic rings. The second kappa shape index (κ2) is 8.45. The largest absolute Gasteiger partial charge is 0.497 e. The minimum Gasteiger partial charge on any atom is -0.497 e. The van der Waals surface area contributed by atoms with E-state index in [2.05, 4.69) is 0 Å². The second-order valence-electron chi connectivity index (χ2n) is 5.50. The van der Waals surface area contributed by atoms with Crippen LogP contribution in [-0.2, 0) is 4.74 Å². The van der Waals surface area contributed by atoms with Gasteiger partial charge in [0.05, 0.1) is 7.11 Å². The first kappa shape index (κ1) is 17.9. The van der Waals surface area contributed by atoms with Crippen LogP contribution in [0.5, 0.6) is 5.75 Å². The molecule has 0 atom stereocenters. The molecule has 1 amide bonds. The van der Waals surface area contributed by atoms with Gasteiger partial charge in [0, 0.05) is 44.5 Å². The molecule has 0 fully saturated rings. The molecular weight excluding hydrogens is 309 g/mol. The monoisotopic (exact) mass is 331 g/mol. The number of hydrogen-bond donors (Lipinski definition) is 0. The van der Waals surface area contributed by atoms with E-state index in [9.17, 15) is 9.18 Å². The first-order valence-electron chi connectivity index (χ1n) is 7.75. The van der Waals surface area contributed by atoms with Crippen molar-refractivity contribution in [1.82, 2.24) is 4.90 Å². The average molecular weight is 331 g/mol. The average Bonchev–Trinajstić information content (AvgIpc) is 2.61.